The van der Waals surface area contributed by atoms with Crippen LogP contribution in [0.1, 0.15) is 16.1 Å². The first-order valence-corrected chi connectivity index (χ1v) is 6.54. The molecule has 1 amide bonds. The van der Waals surface area contributed by atoms with E-state index < -0.39 is 5.97 Å². The Labute approximate surface area is 123 Å². The number of esters is 1. The molecule has 0 aliphatic carbocycles. The molecule has 1 aromatic heterocycles. The van der Waals surface area contributed by atoms with Gasteiger partial charge in [0.05, 0.1) is 18.4 Å². The van der Waals surface area contributed by atoms with Gasteiger partial charge in [-0.3, -0.25) is 4.79 Å². The summed E-state index contributed by atoms with van der Waals surface area (Å²) in [5.74, 6) is -0.680. The molecule has 0 fully saturated rings. The Bertz CT molecular complexity index is 668. The molecule has 108 valence electrons. The summed E-state index contributed by atoms with van der Waals surface area (Å²) < 4.78 is 6.53. The Morgan fingerprint density at radius 3 is 2.57 bits per heavy atom. The molecule has 0 radical (unpaired) electrons. The molecular weight excluding hydrogens is 268 g/mol. The molecule has 0 spiro atoms. The summed E-state index contributed by atoms with van der Waals surface area (Å²) in [6.07, 6.45) is 1.83. The Morgan fingerprint density at radius 2 is 1.86 bits per heavy atom. The highest BCUT2D eigenvalue weighted by Gasteiger charge is 2.16. The number of carbonyl (C=O) groups is 2. The number of para-hydroxylation sites is 1. The van der Waals surface area contributed by atoms with E-state index in [2.05, 4.69) is 5.32 Å². The van der Waals surface area contributed by atoms with Gasteiger partial charge in [0.25, 0.3) is 5.91 Å². The minimum absolute atomic E-state index is 0.183. The van der Waals surface area contributed by atoms with Gasteiger partial charge in [-0.15, -0.1) is 0 Å². The highest BCUT2D eigenvalue weighted by atomic mass is 16.5. The maximum absolute atomic E-state index is 12.1. The van der Waals surface area contributed by atoms with E-state index in [-0.39, 0.29) is 12.5 Å². The second kappa shape index (κ2) is 6.65. The van der Waals surface area contributed by atoms with Crippen molar-refractivity contribution in [3.05, 3.63) is 59.9 Å². The molecule has 1 N–H and O–H groups in total. The summed E-state index contributed by atoms with van der Waals surface area (Å²) in [5.41, 5.74) is 1.76. The number of hydrogen-bond acceptors (Lipinski definition) is 3. The molecule has 2 rings (SSSR count). The van der Waals surface area contributed by atoms with Crippen molar-refractivity contribution in [2.75, 3.05) is 12.4 Å². The van der Waals surface area contributed by atoms with Crippen LogP contribution in [0.2, 0.25) is 0 Å². The van der Waals surface area contributed by atoms with Crippen molar-refractivity contribution in [2.45, 2.75) is 13.5 Å². The Hall–Kier alpha value is -2.69. The van der Waals surface area contributed by atoms with E-state index in [0.717, 1.165) is 5.69 Å². The van der Waals surface area contributed by atoms with Gasteiger partial charge in [-0.05, 0) is 12.1 Å². The smallest absolute Gasteiger partial charge is 0.339 e. The van der Waals surface area contributed by atoms with Crippen molar-refractivity contribution in [3.8, 4) is 0 Å². The average molecular weight is 285 g/mol. The van der Waals surface area contributed by atoms with E-state index >= 15 is 0 Å². The third-order valence-electron chi connectivity index (χ3n) is 3.09. The van der Waals surface area contributed by atoms with E-state index in [0.29, 0.717) is 11.3 Å². The number of benzene rings is 1. The molecule has 0 atom stereocenters. The number of anilines is 1. The number of pyridine rings is 1. The summed E-state index contributed by atoms with van der Waals surface area (Å²) in [4.78, 5) is 23.8. The molecule has 0 bridgehead atoms. The second-order valence-electron chi connectivity index (χ2n) is 4.56. The number of nitrogens with zero attached hydrogens (tertiary/aromatic N) is 1. The van der Waals surface area contributed by atoms with Crippen molar-refractivity contribution < 1.29 is 18.9 Å². The van der Waals surface area contributed by atoms with Crippen molar-refractivity contribution in [3.63, 3.8) is 0 Å². The fraction of sp³-hybridized carbons (Fsp3) is 0.188. The topological polar surface area (TPSA) is 59.3 Å². The van der Waals surface area contributed by atoms with Crippen LogP contribution in [-0.4, -0.2) is 19.0 Å². The lowest BCUT2D eigenvalue weighted by Crippen LogP contribution is -2.42. The van der Waals surface area contributed by atoms with Crippen LogP contribution in [0.3, 0.4) is 0 Å². The van der Waals surface area contributed by atoms with Gasteiger partial charge >= 0.3 is 5.97 Å². The van der Waals surface area contributed by atoms with Gasteiger partial charge in [0.1, 0.15) is 0 Å². The number of ether oxygens (including phenoxy) is 1. The monoisotopic (exact) mass is 285 g/mol. The van der Waals surface area contributed by atoms with Crippen LogP contribution < -0.4 is 9.88 Å². The summed E-state index contributed by atoms with van der Waals surface area (Å²) in [7, 11) is 1.31. The zero-order valence-corrected chi connectivity index (χ0v) is 12.0. The molecule has 0 saturated carbocycles. The molecule has 0 aliphatic heterocycles. The van der Waals surface area contributed by atoms with Gasteiger partial charge in [0, 0.05) is 19.1 Å². The fourth-order valence-corrected chi connectivity index (χ4v) is 1.96. The predicted octanol–water partition coefficient (Wildman–Crippen LogP) is 1.71. The summed E-state index contributed by atoms with van der Waals surface area (Å²) in [6, 6.07) is 12.5. The lowest BCUT2D eigenvalue weighted by atomic mass is 10.2. The van der Waals surface area contributed by atoms with Crippen LogP contribution in [0.4, 0.5) is 5.69 Å². The normalized spacial score (nSPS) is 10.0. The standard InChI is InChI=1S/C16H16N2O3/c1-12-7-5-6-10-18(12)11-15(19)17-14-9-4-3-8-13(14)16(20)21-2/h3-10H,11H2,1-2H3/p+1. The number of amides is 1. The first-order chi connectivity index (χ1) is 10.1. The van der Waals surface area contributed by atoms with E-state index in [4.69, 9.17) is 4.74 Å². The lowest BCUT2D eigenvalue weighted by molar-refractivity contribution is -0.690. The van der Waals surface area contributed by atoms with Gasteiger partial charge in [-0.2, -0.15) is 4.57 Å². The minimum atomic E-state index is -0.477. The number of aryl methyl sites for hydroxylation is 1. The highest BCUT2D eigenvalue weighted by molar-refractivity contribution is 6.00. The van der Waals surface area contributed by atoms with Gasteiger partial charge in [-0.1, -0.05) is 18.2 Å². The molecule has 5 heteroatoms. The largest absolute Gasteiger partial charge is 0.465 e. The maximum Gasteiger partial charge on any atom is 0.339 e. The zero-order valence-electron chi connectivity index (χ0n) is 12.0. The number of nitrogens with one attached hydrogen (secondary N) is 1. The summed E-state index contributed by atoms with van der Waals surface area (Å²) in [5, 5.41) is 2.74. The average Bonchev–Trinajstić information content (AvgIpc) is 2.49. The van der Waals surface area contributed by atoms with Gasteiger partial charge in [0.15, 0.2) is 11.9 Å². The summed E-state index contributed by atoms with van der Waals surface area (Å²) >= 11 is 0. The predicted molar refractivity (Wildman–Crippen MR) is 77.8 cm³/mol. The van der Waals surface area contributed by atoms with E-state index in [9.17, 15) is 9.59 Å². The van der Waals surface area contributed by atoms with E-state index in [1.54, 1.807) is 24.3 Å². The van der Waals surface area contributed by atoms with Gasteiger partial charge in [0.2, 0.25) is 6.54 Å². The van der Waals surface area contributed by atoms with Crippen molar-refractivity contribution >= 4 is 17.6 Å². The number of carbonyl (C=O) groups excluding carboxylic acids is 2. The van der Waals surface area contributed by atoms with Crippen LogP contribution in [0.15, 0.2) is 48.7 Å². The molecule has 21 heavy (non-hydrogen) atoms. The first kappa shape index (κ1) is 14.7. The van der Waals surface area contributed by atoms with Gasteiger partial charge in [-0.25, -0.2) is 4.79 Å². The number of aromatic nitrogens is 1. The Kier molecular flexibility index (Phi) is 4.66. The highest BCUT2D eigenvalue weighted by Crippen LogP contribution is 2.15. The third kappa shape index (κ3) is 3.66. The molecular formula is C16H17N2O3+. The Balaban J connectivity index is 2.14. The summed E-state index contributed by atoms with van der Waals surface area (Å²) in [6.45, 7) is 2.11. The molecule has 0 aliphatic rings. The molecule has 5 nitrogen and oxygen atoms in total. The Morgan fingerprint density at radius 1 is 1.14 bits per heavy atom. The van der Waals surface area contributed by atoms with E-state index in [1.807, 2.05) is 35.9 Å². The number of rotatable bonds is 4. The fourth-order valence-electron chi connectivity index (χ4n) is 1.96. The zero-order chi connectivity index (χ0) is 15.2. The second-order valence-corrected chi connectivity index (χ2v) is 4.56. The number of methoxy groups -OCH3 is 1. The molecule has 0 unspecified atom stereocenters. The lowest BCUT2D eigenvalue weighted by Gasteiger charge is -2.08. The van der Waals surface area contributed by atoms with Crippen LogP contribution in [0, 0.1) is 6.92 Å². The van der Waals surface area contributed by atoms with E-state index in [1.165, 1.54) is 7.11 Å². The van der Waals surface area contributed by atoms with Crippen molar-refractivity contribution in [1.82, 2.24) is 0 Å². The third-order valence-corrected chi connectivity index (χ3v) is 3.09. The molecule has 0 saturated heterocycles. The van der Waals surface area contributed by atoms with Crippen LogP contribution >= 0.6 is 0 Å². The van der Waals surface area contributed by atoms with Crippen LogP contribution in [0.5, 0.6) is 0 Å². The maximum atomic E-state index is 12.1. The number of hydrogen-bond donors (Lipinski definition) is 1. The van der Waals surface area contributed by atoms with Crippen LogP contribution in [-0.2, 0) is 16.1 Å². The minimum Gasteiger partial charge on any atom is -0.465 e. The molecule has 1 aromatic carbocycles. The van der Waals surface area contributed by atoms with Crippen molar-refractivity contribution in [2.24, 2.45) is 0 Å². The van der Waals surface area contributed by atoms with Crippen molar-refractivity contribution in [1.29, 1.82) is 0 Å². The SMILES string of the molecule is COC(=O)c1ccccc1NC(=O)C[n+]1ccccc1C. The van der Waals surface area contributed by atoms with Crippen LogP contribution in [0.25, 0.3) is 0 Å². The first-order valence-electron chi connectivity index (χ1n) is 6.54. The quantitative estimate of drug-likeness (QED) is 0.687. The van der Waals surface area contributed by atoms with Gasteiger partial charge < -0.3 is 10.1 Å². The molecule has 2 aromatic rings. The molecule has 1 heterocycles.